The molecule has 4 nitrogen and oxygen atoms in total. The third-order valence-electron chi connectivity index (χ3n) is 4.12. The Balaban J connectivity index is 1.67. The van der Waals surface area contributed by atoms with E-state index in [2.05, 4.69) is 10.2 Å². The lowest BCUT2D eigenvalue weighted by atomic mass is 10.2. The van der Waals surface area contributed by atoms with Crippen molar-refractivity contribution < 1.29 is 4.42 Å². The van der Waals surface area contributed by atoms with Gasteiger partial charge in [0.15, 0.2) is 11.0 Å². The van der Waals surface area contributed by atoms with Crippen LogP contribution in [0.25, 0.3) is 11.4 Å². The van der Waals surface area contributed by atoms with Crippen molar-refractivity contribution in [3.05, 3.63) is 87.3 Å². The molecule has 4 aromatic rings. The lowest BCUT2D eigenvalue weighted by Crippen LogP contribution is -2.03. The van der Waals surface area contributed by atoms with Gasteiger partial charge >= 0.3 is 0 Å². The van der Waals surface area contributed by atoms with Gasteiger partial charge in [0, 0.05) is 26.4 Å². The molecule has 0 bridgehead atoms. The van der Waals surface area contributed by atoms with Gasteiger partial charge in [-0.25, -0.2) is 0 Å². The maximum absolute atomic E-state index is 6.30. The highest BCUT2D eigenvalue weighted by Gasteiger charge is 2.17. The molecular formula is C20H14Cl3N3OS. The molecule has 28 heavy (non-hydrogen) atoms. The Hall–Kier alpha value is -1.92. The van der Waals surface area contributed by atoms with E-state index in [1.54, 1.807) is 6.26 Å². The molecule has 0 saturated carbocycles. The molecule has 0 N–H and O–H groups in total. The lowest BCUT2D eigenvalue weighted by molar-refractivity contribution is 0.485. The predicted molar refractivity (Wildman–Crippen MR) is 114 cm³/mol. The molecule has 0 saturated heterocycles. The molecule has 2 aromatic heterocycles. The predicted octanol–water partition coefficient (Wildman–Crippen LogP) is 6.84. The topological polar surface area (TPSA) is 43.9 Å². The molecule has 0 fully saturated rings. The van der Waals surface area contributed by atoms with Gasteiger partial charge in [-0.05, 0) is 54.1 Å². The number of nitrogens with zero attached hydrogens (tertiary/aromatic N) is 3. The summed E-state index contributed by atoms with van der Waals surface area (Å²) in [6.45, 7) is 0.510. The molecule has 4 rings (SSSR count). The molecule has 0 aliphatic rings. The minimum atomic E-state index is 0.510. The first-order chi connectivity index (χ1) is 13.6. The van der Waals surface area contributed by atoms with Crippen molar-refractivity contribution in [1.82, 2.24) is 14.8 Å². The Labute approximate surface area is 181 Å². The van der Waals surface area contributed by atoms with Crippen LogP contribution in [-0.4, -0.2) is 14.8 Å². The summed E-state index contributed by atoms with van der Waals surface area (Å²) in [6, 6.07) is 16.8. The van der Waals surface area contributed by atoms with E-state index in [9.17, 15) is 0 Å². The number of rotatable bonds is 6. The average molecular weight is 451 g/mol. The van der Waals surface area contributed by atoms with E-state index >= 15 is 0 Å². The van der Waals surface area contributed by atoms with Gasteiger partial charge in [0.2, 0.25) is 0 Å². The summed E-state index contributed by atoms with van der Waals surface area (Å²) >= 11 is 20.1. The standard InChI is InChI=1S/C20H14Cl3N3OS/c21-14-8-6-13(7-9-14)19-24-25-20(26(19)11-15-3-2-10-27-15)28-12-16-17(22)4-1-5-18(16)23/h1-10H,11-12H2. The summed E-state index contributed by atoms with van der Waals surface area (Å²) in [5.74, 6) is 2.13. The third kappa shape index (κ3) is 4.23. The highest BCUT2D eigenvalue weighted by Crippen LogP contribution is 2.33. The Morgan fingerprint density at radius 2 is 1.64 bits per heavy atom. The molecule has 0 aliphatic carbocycles. The maximum Gasteiger partial charge on any atom is 0.192 e. The van der Waals surface area contributed by atoms with Crippen LogP contribution in [0.15, 0.2) is 70.4 Å². The Morgan fingerprint density at radius 1 is 0.893 bits per heavy atom. The molecule has 0 amide bonds. The van der Waals surface area contributed by atoms with Crippen molar-refractivity contribution in [2.75, 3.05) is 0 Å². The van der Waals surface area contributed by atoms with Crippen molar-refractivity contribution >= 4 is 46.6 Å². The second-order valence-corrected chi connectivity index (χ2v) is 8.16. The van der Waals surface area contributed by atoms with E-state index in [0.717, 1.165) is 27.9 Å². The molecule has 0 aliphatic heterocycles. The van der Waals surface area contributed by atoms with Crippen molar-refractivity contribution in [3.63, 3.8) is 0 Å². The lowest BCUT2D eigenvalue weighted by Gasteiger charge is -2.10. The highest BCUT2D eigenvalue weighted by molar-refractivity contribution is 7.98. The van der Waals surface area contributed by atoms with E-state index in [1.165, 1.54) is 11.8 Å². The monoisotopic (exact) mass is 449 g/mol. The van der Waals surface area contributed by atoms with Crippen molar-refractivity contribution in [2.24, 2.45) is 0 Å². The minimum absolute atomic E-state index is 0.510. The smallest absolute Gasteiger partial charge is 0.192 e. The fourth-order valence-corrected chi connectivity index (χ4v) is 4.52. The molecular weight excluding hydrogens is 437 g/mol. The number of hydrogen-bond acceptors (Lipinski definition) is 4. The zero-order chi connectivity index (χ0) is 19.5. The Morgan fingerprint density at radius 3 is 2.32 bits per heavy atom. The largest absolute Gasteiger partial charge is 0.467 e. The zero-order valence-corrected chi connectivity index (χ0v) is 17.6. The van der Waals surface area contributed by atoms with Gasteiger partial charge in [0.1, 0.15) is 5.76 Å². The third-order valence-corrected chi connectivity index (χ3v) is 6.07. The molecule has 0 spiro atoms. The number of halogens is 3. The van der Waals surface area contributed by atoms with Crippen LogP contribution in [0.5, 0.6) is 0 Å². The summed E-state index contributed by atoms with van der Waals surface area (Å²) in [6.07, 6.45) is 1.65. The average Bonchev–Trinajstić information content (AvgIpc) is 3.33. The van der Waals surface area contributed by atoms with Gasteiger partial charge in [-0.1, -0.05) is 52.6 Å². The molecule has 8 heteroatoms. The molecule has 2 aromatic carbocycles. The van der Waals surface area contributed by atoms with Crippen LogP contribution < -0.4 is 0 Å². The summed E-state index contributed by atoms with van der Waals surface area (Å²) in [4.78, 5) is 0. The summed E-state index contributed by atoms with van der Waals surface area (Å²) in [7, 11) is 0. The quantitative estimate of drug-likeness (QED) is 0.302. The summed E-state index contributed by atoms with van der Waals surface area (Å²) in [5, 5.41) is 11.5. The van der Waals surface area contributed by atoms with Gasteiger partial charge in [0.25, 0.3) is 0 Å². The molecule has 142 valence electrons. The first-order valence-electron chi connectivity index (χ1n) is 8.39. The van der Waals surface area contributed by atoms with E-state index in [-0.39, 0.29) is 0 Å². The Kier molecular flexibility index (Phi) is 5.97. The van der Waals surface area contributed by atoms with Gasteiger partial charge in [0.05, 0.1) is 12.8 Å². The van der Waals surface area contributed by atoms with Crippen LogP contribution in [0.3, 0.4) is 0 Å². The van der Waals surface area contributed by atoms with Crippen LogP contribution in [0.1, 0.15) is 11.3 Å². The van der Waals surface area contributed by atoms with Crippen molar-refractivity contribution in [1.29, 1.82) is 0 Å². The number of aromatic nitrogens is 3. The zero-order valence-electron chi connectivity index (χ0n) is 14.5. The number of furan rings is 1. The van der Waals surface area contributed by atoms with Crippen LogP contribution >= 0.6 is 46.6 Å². The molecule has 0 atom stereocenters. The molecule has 2 heterocycles. The first kappa shape index (κ1) is 19.4. The highest BCUT2D eigenvalue weighted by atomic mass is 35.5. The SMILES string of the molecule is Clc1ccc(-c2nnc(SCc3c(Cl)cccc3Cl)n2Cc2ccco2)cc1. The maximum atomic E-state index is 6.30. The number of hydrogen-bond donors (Lipinski definition) is 0. The van der Waals surface area contributed by atoms with Gasteiger partial charge in [-0.3, -0.25) is 4.57 Å². The van der Waals surface area contributed by atoms with Crippen LogP contribution in [-0.2, 0) is 12.3 Å². The fraction of sp³-hybridized carbons (Fsp3) is 0.100. The van der Waals surface area contributed by atoms with E-state index < -0.39 is 0 Å². The van der Waals surface area contributed by atoms with Crippen LogP contribution in [0, 0.1) is 0 Å². The first-order valence-corrected chi connectivity index (χ1v) is 10.5. The fourth-order valence-electron chi connectivity index (χ4n) is 2.72. The second kappa shape index (κ2) is 8.62. The van der Waals surface area contributed by atoms with Crippen molar-refractivity contribution in [3.8, 4) is 11.4 Å². The van der Waals surface area contributed by atoms with Gasteiger partial charge in [-0.2, -0.15) is 0 Å². The molecule has 0 unspecified atom stereocenters. The molecule has 0 radical (unpaired) electrons. The van der Waals surface area contributed by atoms with E-state index in [0.29, 0.717) is 27.4 Å². The Bertz CT molecular complexity index is 1060. The van der Waals surface area contributed by atoms with E-state index in [1.807, 2.05) is 59.2 Å². The number of benzene rings is 2. The van der Waals surface area contributed by atoms with Gasteiger partial charge < -0.3 is 4.42 Å². The van der Waals surface area contributed by atoms with Crippen molar-refractivity contribution in [2.45, 2.75) is 17.5 Å². The van der Waals surface area contributed by atoms with Crippen LogP contribution in [0.4, 0.5) is 0 Å². The van der Waals surface area contributed by atoms with Crippen LogP contribution in [0.2, 0.25) is 15.1 Å². The normalized spacial score (nSPS) is 11.1. The van der Waals surface area contributed by atoms with Gasteiger partial charge in [-0.15, -0.1) is 10.2 Å². The van der Waals surface area contributed by atoms with E-state index in [4.69, 9.17) is 39.2 Å². The summed E-state index contributed by atoms with van der Waals surface area (Å²) in [5.41, 5.74) is 1.79. The summed E-state index contributed by atoms with van der Waals surface area (Å²) < 4.78 is 7.54. The second-order valence-electron chi connectivity index (χ2n) is 5.97. The number of thioether (sulfide) groups is 1. The minimum Gasteiger partial charge on any atom is -0.467 e.